The van der Waals surface area contributed by atoms with Crippen molar-refractivity contribution in [2.24, 2.45) is 0 Å². The van der Waals surface area contributed by atoms with Gasteiger partial charge in [0.05, 0.1) is 10.9 Å². The Kier molecular flexibility index (Phi) is 4.89. The molecule has 0 unspecified atom stereocenters. The molecule has 23 heavy (non-hydrogen) atoms. The lowest BCUT2D eigenvalue weighted by Gasteiger charge is -2.22. The van der Waals surface area contributed by atoms with Gasteiger partial charge in [0.1, 0.15) is 5.60 Å². The summed E-state index contributed by atoms with van der Waals surface area (Å²) in [6.07, 6.45) is 1.57. The molecule has 1 aromatic rings. The van der Waals surface area contributed by atoms with E-state index in [-0.39, 0.29) is 6.04 Å². The van der Waals surface area contributed by atoms with Gasteiger partial charge < -0.3 is 15.0 Å². The predicted octanol–water partition coefficient (Wildman–Crippen LogP) is 2.19. The zero-order valence-corrected chi connectivity index (χ0v) is 14.8. The molecule has 6 nitrogen and oxygen atoms in total. The van der Waals surface area contributed by atoms with Crippen molar-refractivity contribution in [3.8, 4) is 0 Å². The number of alkyl carbamates (subject to hydrolysis) is 1. The lowest BCUT2D eigenvalue weighted by molar-refractivity contribution is 0.0509. The number of hydrogen-bond acceptors (Lipinski definition) is 5. The molecule has 1 aromatic carbocycles. The number of sulfone groups is 1. The van der Waals surface area contributed by atoms with Gasteiger partial charge in [0, 0.05) is 25.0 Å². The van der Waals surface area contributed by atoms with Crippen molar-refractivity contribution in [3.05, 3.63) is 24.3 Å². The lowest BCUT2D eigenvalue weighted by atomic mass is 10.2. The van der Waals surface area contributed by atoms with E-state index in [4.69, 9.17) is 4.74 Å². The zero-order chi connectivity index (χ0) is 17.3. The molecule has 0 bridgehead atoms. The van der Waals surface area contributed by atoms with E-state index < -0.39 is 21.5 Å². The summed E-state index contributed by atoms with van der Waals surface area (Å²) in [5.74, 6) is 0. The number of ether oxygens (including phenoxy) is 1. The summed E-state index contributed by atoms with van der Waals surface area (Å²) in [6.45, 7) is 6.86. The summed E-state index contributed by atoms with van der Waals surface area (Å²) in [6, 6.07) is 6.87. The highest BCUT2D eigenvalue weighted by Crippen LogP contribution is 2.23. The van der Waals surface area contributed by atoms with E-state index in [9.17, 15) is 13.2 Å². The second-order valence-electron chi connectivity index (χ2n) is 6.85. The van der Waals surface area contributed by atoms with E-state index >= 15 is 0 Å². The topological polar surface area (TPSA) is 75.7 Å². The third-order valence-corrected chi connectivity index (χ3v) is 4.63. The van der Waals surface area contributed by atoms with Gasteiger partial charge in [0.2, 0.25) is 0 Å². The average molecular weight is 340 g/mol. The number of rotatable bonds is 3. The Hall–Kier alpha value is -1.76. The Morgan fingerprint density at radius 2 is 2.04 bits per heavy atom. The minimum Gasteiger partial charge on any atom is -0.444 e. The van der Waals surface area contributed by atoms with Gasteiger partial charge in [-0.2, -0.15) is 0 Å². The Bertz CT molecular complexity index is 680. The predicted molar refractivity (Wildman–Crippen MR) is 89.5 cm³/mol. The zero-order valence-electron chi connectivity index (χ0n) is 14.0. The third kappa shape index (κ3) is 5.13. The molecule has 1 N–H and O–H groups in total. The van der Waals surface area contributed by atoms with Crippen molar-refractivity contribution in [2.45, 2.75) is 43.7 Å². The van der Waals surface area contributed by atoms with Crippen molar-refractivity contribution in [2.75, 3.05) is 24.2 Å². The van der Waals surface area contributed by atoms with E-state index in [0.717, 1.165) is 18.7 Å². The third-order valence-electron chi connectivity index (χ3n) is 3.52. The first-order chi connectivity index (χ1) is 10.5. The van der Waals surface area contributed by atoms with Crippen molar-refractivity contribution in [1.29, 1.82) is 0 Å². The summed E-state index contributed by atoms with van der Waals surface area (Å²) in [5.41, 5.74) is 0.327. The number of hydrogen-bond donors (Lipinski definition) is 1. The number of anilines is 1. The Labute approximate surface area is 137 Å². The van der Waals surface area contributed by atoms with Gasteiger partial charge in [0.15, 0.2) is 9.84 Å². The van der Waals surface area contributed by atoms with Crippen LogP contribution in [-0.4, -0.2) is 45.5 Å². The maximum absolute atomic E-state index is 11.8. The fourth-order valence-electron chi connectivity index (χ4n) is 2.50. The van der Waals surface area contributed by atoms with Crippen LogP contribution >= 0.6 is 0 Å². The minimum atomic E-state index is -3.22. The average Bonchev–Trinajstić information content (AvgIpc) is 2.84. The van der Waals surface area contributed by atoms with E-state index in [0.29, 0.717) is 11.4 Å². The van der Waals surface area contributed by atoms with Crippen molar-refractivity contribution in [1.82, 2.24) is 5.32 Å². The summed E-state index contributed by atoms with van der Waals surface area (Å²) < 4.78 is 28.6. The van der Waals surface area contributed by atoms with Gasteiger partial charge in [-0.05, 0) is 45.4 Å². The lowest BCUT2D eigenvalue weighted by Crippen LogP contribution is -2.40. The van der Waals surface area contributed by atoms with Crippen LogP contribution < -0.4 is 10.2 Å². The van der Waals surface area contributed by atoms with Crippen LogP contribution in [0.3, 0.4) is 0 Å². The Balaban J connectivity index is 1.99. The SMILES string of the molecule is CC(C)(C)OC(=O)N[C@@H]1CCN(c2cccc(S(C)(=O)=O)c2)C1. The first kappa shape index (κ1) is 17.6. The van der Waals surface area contributed by atoms with E-state index in [1.165, 1.54) is 6.26 Å². The largest absolute Gasteiger partial charge is 0.444 e. The summed E-state index contributed by atoms with van der Waals surface area (Å²) in [4.78, 5) is 14.2. The van der Waals surface area contributed by atoms with Crippen LogP contribution in [-0.2, 0) is 14.6 Å². The smallest absolute Gasteiger partial charge is 0.407 e. The highest BCUT2D eigenvalue weighted by atomic mass is 32.2. The molecule has 0 radical (unpaired) electrons. The van der Waals surface area contributed by atoms with Crippen LogP contribution in [0.4, 0.5) is 10.5 Å². The fourth-order valence-corrected chi connectivity index (χ4v) is 3.16. The maximum atomic E-state index is 11.8. The van der Waals surface area contributed by atoms with Crippen LogP contribution in [0.5, 0.6) is 0 Å². The first-order valence-corrected chi connectivity index (χ1v) is 9.48. The molecule has 0 aromatic heterocycles. The standard InChI is InChI=1S/C16H24N2O4S/c1-16(2,3)22-15(19)17-12-8-9-18(11-12)13-6-5-7-14(10-13)23(4,20)21/h5-7,10,12H,8-9,11H2,1-4H3,(H,17,19)/t12-/m1/s1. The first-order valence-electron chi connectivity index (χ1n) is 7.59. The normalized spacial score (nSPS) is 18.8. The summed E-state index contributed by atoms with van der Waals surface area (Å²) in [7, 11) is -3.22. The van der Waals surface area contributed by atoms with Crippen LogP contribution in [0.25, 0.3) is 0 Å². The molecule has 0 spiro atoms. The molecule has 1 fully saturated rings. The molecule has 1 aliphatic heterocycles. The van der Waals surface area contributed by atoms with E-state index in [1.54, 1.807) is 18.2 Å². The number of nitrogens with one attached hydrogen (secondary N) is 1. The molecule has 1 saturated heterocycles. The highest BCUT2D eigenvalue weighted by molar-refractivity contribution is 7.90. The van der Waals surface area contributed by atoms with Crippen LogP contribution in [0.2, 0.25) is 0 Å². The quantitative estimate of drug-likeness (QED) is 0.913. The summed E-state index contributed by atoms with van der Waals surface area (Å²) >= 11 is 0. The number of carbonyl (C=O) groups excluding carboxylic acids is 1. The van der Waals surface area contributed by atoms with Gasteiger partial charge in [-0.25, -0.2) is 13.2 Å². The molecular weight excluding hydrogens is 316 g/mol. The molecule has 1 atom stereocenters. The molecule has 0 aliphatic carbocycles. The second kappa shape index (κ2) is 6.39. The fraction of sp³-hybridized carbons (Fsp3) is 0.562. The minimum absolute atomic E-state index is 0.00765. The van der Waals surface area contributed by atoms with E-state index in [1.807, 2.05) is 26.8 Å². The van der Waals surface area contributed by atoms with Crippen LogP contribution in [0, 0.1) is 0 Å². The number of carbonyl (C=O) groups is 1. The van der Waals surface area contributed by atoms with Crippen molar-refractivity contribution in [3.63, 3.8) is 0 Å². The highest BCUT2D eigenvalue weighted by Gasteiger charge is 2.26. The monoisotopic (exact) mass is 340 g/mol. The Morgan fingerprint density at radius 1 is 1.35 bits per heavy atom. The Morgan fingerprint density at radius 3 is 2.65 bits per heavy atom. The molecule has 2 rings (SSSR count). The second-order valence-corrected chi connectivity index (χ2v) is 8.86. The number of benzene rings is 1. The van der Waals surface area contributed by atoms with Gasteiger partial charge in [-0.1, -0.05) is 6.07 Å². The maximum Gasteiger partial charge on any atom is 0.407 e. The van der Waals surface area contributed by atoms with E-state index in [2.05, 4.69) is 10.2 Å². The van der Waals surface area contributed by atoms with Crippen molar-refractivity contribution >= 4 is 21.6 Å². The molecule has 1 amide bonds. The van der Waals surface area contributed by atoms with Crippen LogP contribution in [0.15, 0.2) is 29.2 Å². The molecule has 1 heterocycles. The molecule has 128 valence electrons. The number of nitrogens with zero attached hydrogens (tertiary/aromatic N) is 1. The molecule has 0 saturated carbocycles. The molecule has 7 heteroatoms. The molecule has 1 aliphatic rings. The van der Waals surface area contributed by atoms with Gasteiger partial charge >= 0.3 is 6.09 Å². The van der Waals surface area contributed by atoms with Crippen LogP contribution in [0.1, 0.15) is 27.2 Å². The number of amides is 1. The van der Waals surface area contributed by atoms with Gasteiger partial charge in [0.25, 0.3) is 0 Å². The van der Waals surface area contributed by atoms with Gasteiger partial charge in [-0.3, -0.25) is 0 Å². The molecular formula is C16H24N2O4S. The van der Waals surface area contributed by atoms with Gasteiger partial charge in [-0.15, -0.1) is 0 Å². The van der Waals surface area contributed by atoms with Crippen molar-refractivity contribution < 1.29 is 17.9 Å². The summed E-state index contributed by atoms with van der Waals surface area (Å²) in [5, 5.41) is 2.86.